The van der Waals surface area contributed by atoms with Gasteiger partial charge in [-0.25, -0.2) is 9.97 Å². The van der Waals surface area contributed by atoms with Gasteiger partial charge in [-0.15, -0.1) is 0 Å². The molecule has 32 heavy (non-hydrogen) atoms. The van der Waals surface area contributed by atoms with Crippen molar-refractivity contribution in [3.05, 3.63) is 23.8 Å². The van der Waals surface area contributed by atoms with Crippen molar-refractivity contribution in [1.82, 2.24) is 9.97 Å². The summed E-state index contributed by atoms with van der Waals surface area (Å²) in [7, 11) is 0. The molecule has 0 aliphatic heterocycles. The maximum Gasteiger partial charge on any atom is 0.128 e. The zero-order valence-corrected chi connectivity index (χ0v) is 21.5. The molecule has 1 heterocycles. The second-order valence-corrected chi connectivity index (χ2v) is 11.2. The van der Waals surface area contributed by atoms with Crippen LogP contribution in [0.1, 0.15) is 141 Å². The first-order valence-electron chi connectivity index (χ1n) is 14.6. The molecule has 0 spiro atoms. The van der Waals surface area contributed by atoms with Crippen molar-refractivity contribution in [2.75, 3.05) is 0 Å². The summed E-state index contributed by atoms with van der Waals surface area (Å²) in [6.45, 7) is 4.61. The van der Waals surface area contributed by atoms with Crippen LogP contribution in [0.3, 0.4) is 0 Å². The Labute approximate surface area is 199 Å². The molecule has 1 aromatic rings. The number of aromatic nitrogens is 2. The number of aryl methyl sites for hydroxylation is 1. The zero-order chi connectivity index (χ0) is 22.4. The molecule has 0 amide bonds. The van der Waals surface area contributed by atoms with E-state index in [1.165, 1.54) is 121 Å². The van der Waals surface area contributed by atoms with Crippen LogP contribution in [0.15, 0.2) is 12.4 Å². The monoisotopic (exact) mass is 440 g/mol. The van der Waals surface area contributed by atoms with Crippen LogP contribution in [0.25, 0.3) is 0 Å². The second-order valence-electron chi connectivity index (χ2n) is 11.2. The SMILES string of the molecule is CCCCCCCc1cnc(CC(C2CCCCC2)C2CCC(CCCCC)CC2)nc1. The van der Waals surface area contributed by atoms with E-state index in [9.17, 15) is 0 Å². The molecule has 2 nitrogen and oxygen atoms in total. The van der Waals surface area contributed by atoms with Crippen molar-refractivity contribution in [2.45, 2.75) is 142 Å². The van der Waals surface area contributed by atoms with Gasteiger partial charge in [0.15, 0.2) is 0 Å². The Bertz CT molecular complexity index is 581. The normalized spacial score (nSPS) is 23.3. The minimum absolute atomic E-state index is 0.826. The van der Waals surface area contributed by atoms with E-state index in [1.807, 2.05) is 0 Å². The molecule has 182 valence electrons. The van der Waals surface area contributed by atoms with Crippen molar-refractivity contribution in [3.8, 4) is 0 Å². The summed E-state index contributed by atoms with van der Waals surface area (Å²) in [5.74, 6) is 4.81. The lowest BCUT2D eigenvalue weighted by molar-refractivity contribution is 0.121. The maximum absolute atomic E-state index is 4.88. The van der Waals surface area contributed by atoms with E-state index in [0.29, 0.717) is 0 Å². The molecule has 2 heteroatoms. The number of unbranched alkanes of at least 4 members (excludes halogenated alkanes) is 6. The quantitative estimate of drug-likeness (QED) is 0.269. The van der Waals surface area contributed by atoms with Gasteiger partial charge in [-0.1, -0.05) is 110 Å². The Kier molecular flexibility index (Phi) is 12.1. The third-order valence-corrected chi connectivity index (χ3v) is 8.71. The van der Waals surface area contributed by atoms with Gasteiger partial charge in [0, 0.05) is 18.8 Å². The lowest BCUT2D eigenvalue weighted by Gasteiger charge is -2.39. The van der Waals surface area contributed by atoms with Crippen LogP contribution in [0.2, 0.25) is 0 Å². The van der Waals surface area contributed by atoms with E-state index in [2.05, 4.69) is 26.2 Å². The summed E-state index contributed by atoms with van der Waals surface area (Å²) >= 11 is 0. The fraction of sp³-hybridized carbons (Fsp3) is 0.867. The molecule has 1 atom stereocenters. The predicted molar refractivity (Wildman–Crippen MR) is 138 cm³/mol. The zero-order valence-electron chi connectivity index (χ0n) is 21.5. The van der Waals surface area contributed by atoms with E-state index in [-0.39, 0.29) is 0 Å². The molecule has 1 unspecified atom stereocenters. The Morgan fingerprint density at radius 3 is 2.03 bits per heavy atom. The molecule has 1 aromatic heterocycles. The molecule has 0 saturated heterocycles. The first-order valence-corrected chi connectivity index (χ1v) is 14.6. The number of hydrogen-bond donors (Lipinski definition) is 0. The van der Waals surface area contributed by atoms with Gasteiger partial charge in [-0.3, -0.25) is 0 Å². The molecule has 2 aliphatic carbocycles. The van der Waals surface area contributed by atoms with Gasteiger partial charge in [0.2, 0.25) is 0 Å². The van der Waals surface area contributed by atoms with Crippen LogP contribution in [-0.4, -0.2) is 9.97 Å². The van der Waals surface area contributed by atoms with E-state index >= 15 is 0 Å². The Morgan fingerprint density at radius 2 is 1.34 bits per heavy atom. The topological polar surface area (TPSA) is 25.8 Å². The van der Waals surface area contributed by atoms with Crippen LogP contribution < -0.4 is 0 Å². The second kappa shape index (κ2) is 15.1. The Balaban J connectivity index is 1.52. The minimum Gasteiger partial charge on any atom is -0.241 e. The molecule has 2 fully saturated rings. The molecule has 2 aliphatic rings. The smallest absolute Gasteiger partial charge is 0.128 e. The third-order valence-electron chi connectivity index (χ3n) is 8.71. The summed E-state index contributed by atoms with van der Waals surface area (Å²) in [4.78, 5) is 9.75. The van der Waals surface area contributed by atoms with Crippen LogP contribution in [0.4, 0.5) is 0 Å². The summed E-state index contributed by atoms with van der Waals surface area (Å²) in [5, 5.41) is 0. The summed E-state index contributed by atoms with van der Waals surface area (Å²) in [6.07, 6.45) is 32.2. The van der Waals surface area contributed by atoms with Crippen molar-refractivity contribution in [2.24, 2.45) is 23.7 Å². The standard InChI is InChI=1S/C30H52N2/c1-3-5-7-8-11-15-26-23-31-30(32-24-26)22-29(27-16-12-9-13-17-27)28-20-18-25(19-21-28)14-10-6-4-2/h23-25,27-29H,3-22H2,1-2H3. The highest BCUT2D eigenvalue weighted by Gasteiger charge is 2.33. The lowest BCUT2D eigenvalue weighted by atomic mass is 9.66. The highest BCUT2D eigenvalue weighted by Crippen LogP contribution is 2.43. The number of hydrogen-bond acceptors (Lipinski definition) is 2. The van der Waals surface area contributed by atoms with E-state index in [1.54, 1.807) is 0 Å². The number of nitrogens with zero attached hydrogens (tertiary/aromatic N) is 2. The van der Waals surface area contributed by atoms with Crippen molar-refractivity contribution < 1.29 is 0 Å². The average molecular weight is 441 g/mol. The predicted octanol–water partition coefficient (Wildman–Crippen LogP) is 9.12. The molecule has 0 N–H and O–H groups in total. The summed E-state index contributed by atoms with van der Waals surface area (Å²) in [6, 6.07) is 0. The largest absolute Gasteiger partial charge is 0.241 e. The molecule has 0 radical (unpaired) electrons. The van der Waals surface area contributed by atoms with Gasteiger partial charge in [0.1, 0.15) is 5.82 Å². The highest BCUT2D eigenvalue weighted by atomic mass is 14.9. The fourth-order valence-corrected chi connectivity index (χ4v) is 6.63. The molecular formula is C30H52N2. The average Bonchev–Trinajstić information content (AvgIpc) is 2.84. The van der Waals surface area contributed by atoms with Gasteiger partial charge in [0.05, 0.1) is 0 Å². The minimum atomic E-state index is 0.826. The number of rotatable bonds is 14. The summed E-state index contributed by atoms with van der Waals surface area (Å²) in [5.41, 5.74) is 1.34. The van der Waals surface area contributed by atoms with Gasteiger partial charge < -0.3 is 0 Å². The molecular weight excluding hydrogens is 388 g/mol. The van der Waals surface area contributed by atoms with Crippen LogP contribution >= 0.6 is 0 Å². The molecule has 3 rings (SSSR count). The highest BCUT2D eigenvalue weighted by molar-refractivity contribution is 5.06. The van der Waals surface area contributed by atoms with Gasteiger partial charge in [-0.2, -0.15) is 0 Å². The van der Waals surface area contributed by atoms with E-state index in [0.717, 1.165) is 42.3 Å². The van der Waals surface area contributed by atoms with Crippen LogP contribution in [0, 0.1) is 23.7 Å². The molecule has 0 bridgehead atoms. The van der Waals surface area contributed by atoms with Crippen LogP contribution in [0.5, 0.6) is 0 Å². The first-order chi connectivity index (χ1) is 15.8. The third kappa shape index (κ3) is 8.79. The lowest BCUT2D eigenvalue weighted by Crippen LogP contribution is -2.31. The Morgan fingerprint density at radius 1 is 0.719 bits per heavy atom. The van der Waals surface area contributed by atoms with Crippen molar-refractivity contribution in [3.63, 3.8) is 0 Å². The maximum atomic E-state index is 4.88. The van der Waals surface area contributed by atoms with Gasteiger partial charge in [0.25, 0.3) is 0 Å². The van der Waals surface area contributed by atoms with Crippen molar-refractivity contribution in [1.29, 1.82) is 0 Å². The summed E-state index contributed by atoms with van der Waals surface area (Å²) < 4.78 is 0. The van der Waals surface area contributed by atoms with Crippen LogP contribution in [-0.2, 0) is 12.8 Å². The van der Waals surface area contributed by atoms with Gasteiger partial charge in [-0.05, 0) is 54.9 Å². The fourth-order valence-electron chi connectivity index (χ4n) is 6.63. The first kappa shape index (κ1) is 25.7. The molecule has 0 aromatic carbocycles. The Hall–Kier alpha value is -0.920. The van der Waals surface area contributed by atoms with E-state index in [4.69, 9.17) is 9.97 Å². The van der Waals surface area contributed by atoms with Gasteiger partial charge >= 0.3 is 0 Å². The van der Waals surface area contributed by atoms with Crippen molar-refractivity contribution >= 4 is 0 Å². The van der Waals surface area contributed by atoms with E-state index < -0.39 is 0 Å². The molecule has 2 saturated carbocycles.